The molecule has 4 heteroatoms. The van der Waals surface area contributed by atoms with Crippen LogP contribution in [0.3, 0.4) is 0 Å². The van der Waals surface area contributed by atoms with Crippen LogP contribution in [0.4, 0.5) is 0 Å². The summed E-state index contributed by atoms with van der Waals surface area (Å²) in [7, 11) is 1.55. The van der Waals surface area contributed by atoms with Gasteiger partial charge in [0.1, 0.15) is 5.69 Å². The Hall–Kier alpha value is -1.58. The van der Waals surface area contributed by atoms with Crippen LogP contribution in [0.25, 0.3) is 0 Å². The summed E-state index contributed by atoms with van der Waals surface area (Å²) < 4.78 is 10.9. The summed E-state index contributed by atoms with van der Waals surface area (Å²) in [6.45, 7) is 2.05. The van der Waals surface area contributed by atoms with Crippen molar-refractivity contribution in [3.8, 4) is 11.5 Å². The molecule has 0 bridgehead atoms. The quantitative estimate of drug-likeness (QED) is 0.714. The molecule has 1 aliphatic rings. The van der Waals surface area contributed by atoms with Crippen LogP contribution in [0.15, 0.2) is 12.3 Å². The number of rotatable bonds is 5. The summed E-state index contributed by atoms with van der Waals surface area (Å²) in [5.41, 5.74) is 0.350. The van der Waals surface area contributed by atoms with Crippen LogP contribution in [0.2, 0.25) is 0 Å². The lowest BCUT2D eigenvalue weighted by atomic mass is 10.2. The molecule has 2 rings (SSSR count). The number of hydrogen-bond donors (Lipinski definition) is 0. The van der Waals surface area contributed by atoms with Crippen molar-refractivity contribution >= 4 is 6.29 Å². The van der Waals surface area contributed by atoms with Crippen LogP contribution < -0.4 is 9.47 Å². The normalized spacial score (nSPS) is 16.6. The molecule has 16 heavy (non-hydrogen) atoms. The highest BCUT2D eigenvalue weighted by atomic mass is 16.5. The van der Waals surface area contributed by atoms with Crippen molar-refractivity contribution in [1.29, 1.82) is 0 Å². The van der Waals surface area contributed by atoms with E-state index >= 15 is 0 Å². The van der Waals surface area contributed by atoms with E-state index in [4.69, 9.17) is 9.47 Å². The van der Waals surface area contributed by atoms with E-state index in [2.05, 4.69) is 4.98 Å². The van der Waals surface area contributed by atoms with E-state index in [0.29, 0.717) is 29.4 Å². The lowest BCUT2D eigenvalue weighted by Gasteiger charge is -2.15. The predicted molar refractivity (Wildman–Crippen MR) is 59.0 cm³/mol. The summed E-state index contributed by atoms with van der Waals surface area (Å²) in [4.78, 5) is 14.5. The van der Waals surface area contributed by atoms with Gasteiger partial charge in [0, 0.05) is 6.07 Å². The van der Waals surface area contributed by atoms with Crippen molar-refractivity contribution in [2.45, 2.75) is 25.9 Å². The van der Waals surface area contributed by atoms with Crippen molar-refractivity contribution in [1.82, 2.24) is 4.98 Å². The average molecular weight is 221 g/mol. The Morgan fingerprint density at radius 1 is 1.50 bits per heavy atom. The maximum absolute atomic E-state index is 10.6. The molecule has 1 aromatic rings. The minimum absolute atomic E-state index is 0.179. The van der Waals surface area contributed by atoms with E-state index in [1.54, 1.807) is 19.4 Å². The maximum atomic E-state index is 10.6. The number of carbonyl (C=O) groups is 1. The maximum Gasteiger partial charge on any atom is 0.179 e. The average Bonchev–Trinajstić information content (AvgIpc) is 3.13. The number of hydrogen-bond acceptors (Lipinski definition) is 4. The van der Waals surface area contributed by atoms with Gasteiger partial charge in [-0.3, -0.25) is 4.79 Å². The number of ether oxygens (including phenoxy) is 2. The van der Waals surface area contributed by atoms with Gasteiger partial charge in [0.25, 0.3) is 0 Å². The molecule has 1 atom stereocenters. The first-order valence-corrected chi connectivity index (χ1v) is 5.40. The molecule has 1 fully saturated rings. The second-order valence-corrected chi connectivity index (χ2v) is 4.04. The Kier molecular flexibility index (Phi) is 3.08. The van der Waals surface area contributed by atoms with Crippen molar-refractivity contribution in [2.75, 3.05) is 7.11 Å². The molecular formula is C12H15NO3. The van der Waals surface area contributed by atoms with Gasteiger partial charge in [-0.25, -0.2) is 4.98 Å². The number of aromatic nitrogens is 1. The topological polar surface area (TPSA) is 48.4 Å². The predicted octanol–water partition coefficient (Wildman–Crippen LogP) is 2.08. The molecular weight excluding hydrogens is 206 g/mol. The zero-order valence-electron chi connectivity index (χ0n) is 9.47. The molecule has 0 aromatic carbocycles. The van der Waals surface area contributed by atoms with Gasteiger partial charge in [-0.1, -0.05) is 0 Å². The molecule has 1 aromatic heterocycles. The first kappa shape index (κ1) is 10.9. The Morgan fingerprint density at radius 2 is 2.25 bits per heavy atom. The van der Waals surface area contributed by atoms with Crippen molar-refractivity contribution in [2.24, 2.45) is 5.92 Å². The summed E-state index contributed by atoms with van der Waals surface area (Å²) >= 11 is 0. The first-order valence-electron chi connectivity index (χ1n) is 5.40. The zero-order valence-corrected chi connectivity index (χ0v) is 9.47. The molecule has 0 spiro atoms. The Balaban J connectivity index is 2.15. The SMILES string of the molecule is COc1cc(C=O)ncc1O[C@H](C)C1CC1. The second-order valence-electron chi connectivity index (χ2n) is 4.04. The molecule has 1 heterocycles. The van der Waals surface area contributed by atoms with Crippen LogP contribution in [0.5, 0.6) is 11.5 Å². The van der Waals surface area contributed by atoms with Gasteiger partial charge < -0.3 is 9.47 Å². The Morgan fingerprint density at radius 3 is 2.81 bits per heavy atom. The smallest absolute Gasteiger partial charge is 0.179 e. The highest BCUT2D eigenvalue weighted by Crippen LogP contribution is 2.36. The third-order valence-electron chi connectivity index (χ3n) is 2.79. The van der Waals surface area contributed by atoms with Crippen molar-refractivity contribution in [3.05, 3.63) is 18.0 Å². The monoisotopic (exact) mass is 221 g/mol. The minimum Gasteiger partial charge on any atom is -0.493 e. The molecule has 0 radical (unpaired) electrons. The number of nitrogens with zero attached hydrogens (tertiary/aromatic N) is 1. The fraction of sp³-hybridized carbons (Fsp3) is 0.500. The highest BCUT2D eigenvalue weighted by Gasteiger charge is 2.30. The number of methoxy groups -OCH3 is 1. The van der Waals surface area contributed by atoms with Gasteiger partial charge in [0.2, 0.25) is 0 Å². The number of carbonyl (C=O) groups excluding carboxylic acids is 1. The van der Waals surface area contributed by atoms with E-state index in [0.717, 1.165) is 0 Å². The van der Waals surface area contributed by atoms with Gasteiger partial charge in [-0.2, -0.15) is 0 Å². The summed E-state index contributed by atoms with van der Waals surface area (Å²) in [5, 5.41) is 0. The molecule has 0 N–H and O–H groups in total. The fourth-order valence-corrected chi connectivity index (χ4v) is 1.61. The minimum atomic E-state index is 0.179. The third kappa shape index (κ3) is 2.32. The van der Waals surface area contributed by atoms with Crippen LogP contribution in [0.1, 0.15) is 30.3 Å². The molecule has 1 saturated carbocycles. The largest absolute Gasteiger partial charge is 0.493 e. The van der Waals surface area contributed by atoms with E-state index in [9.17, 15) is 4.79 Å². The van der Waals surface area contributed by atoms with E-state index in [1.165, 1.54) is 12.8 Å². The Labute approximate surface area is 94.6 Å². The van der Waals surface area contributed by atoms with Gasteiger partial charge in [-0.15, -0.1) is 0 Å². The zero-order chi connectivity index (χ0) is 11.5. The van der Waals surface area contributed by atoms with Crippen LogP contribution in [-0.2, 0) is 0 Å². The van der Waals surface area contributed by atoms with E-state index in [-0.39, 0.29) is 6.10 Å². The standard InChI is InChI=1S/C12H15NO3/c1-8(9-3-4-9)16-12-6-13-10(7-14)5-11(12)15-2/h5-9H,3-4H2,1-2H3/t8-/m1/s1. The molecule has 86 valence electrons. The van der Waals surface area contributed by atoms with Crippen molar-refractivity contribution in [3.63, 3.8) is 0 Å². The van der Waals surface area contributed by atoms with Crippen LogP contribution >= 0.6 is 0 Å². The van der Waals surface area contributed by atoms with Crippen molar-refractivity contribution < 1.29 is 14.3 Å². The van der Waals surface area contributed by atoms with Crippen LogP contribution in [0, 0.1) is 5.92 Å². The molecule has 0 unspecified atom stereocenters. The Bertz CT molecular complexity index is 388. The first-order chi connectivity index (χ1) is 7.74. The number of pyridine rings is 1. The lowest BCUT2D eigenvalue weighted by Crippen LogP contribution is -2.14. The molecule has 1 aliphatic carbocycles. The molecule has 0 saturated heterocycles. The van der Waals surface area contributed by atoms with E-state index < -0.39 is 0 Å². The van der Waals surface area contributed by atoms with Gasteiger partial charge >= 0.3 is 0 Å². The lowest BCUT2D eigenvalue weighted by molar-refractivity contribution is 0.111. The number of aldehydes is 1. The van der Waals surface area contributed by atoms with Gasteiger partial charge in [0.15, 0.2) is 17.8 Å². The fourth-order valence-electron chi connectivity index (χ4n) is 1.61. The van der Waals surface area contributed by atoms with Gasteiger partial charge in [0.05, 0.1) is 19.4 Å². The summed E-state index contributed by atoms with van der Waals surface area (Å²) in [6.07, 6.45) is 4.86. The second kappa shape index (κ2) is 4.51. The van der Waals surface area contributed by atoms with Gasteiger partial charge in [-0.05, 0) is 25.7 Å². The van der Waals surface area contributed by atoms with Crippen LogP contribution in [-0.4, -0.2) is 24.5 Å². The highest BCUT2D eigenvalue weighted by molar-refractivity contribution is 5.73. The summed E-state index contributed by atoms with van der Waals surface area (Å²) in [5.74, 6) is 1.81. The summed E-state index contributed by atoms with van der Waals surface area (Å²) in [6, 6.07) is 1.59. The van der Waals surface area contributed by atoms with E-state index in [1.807, 2.05) is 6.92 Å². The molecule has 4 nitrogen and oxygen atoms in total. The third-order valence-corrected chi connectivity index (χ3v) is 2.79. The molecule has 0 amide bonds. The molecule has 0 aliphatic heterocycles.